The quantitative estimate of drug-likeness (QED) is 0.771. The number of hydrogen-bond donors (Lipinski definition) is 1. The fourth-order valence-corrected chi connectivity index (χ4v) is 3.27. The van der Waals surface area contributed by atoms with Crippen molar-refractivity contribution in [3.8, 4) is 12.3 Å². The highest BCUT2D eigenvalue weighted by molar-refractivity contribution is 7.99. The van der Waals surface area contributed by atoms with Crippen LogP contribution in [0.4, 0.5) is 0 Å². The van der Waals surface area contributed by atoms with Crippen molar-refractivity contribution >= 4 is 21.8 Å². The van der Waals surface area contributed by atoms with Gasteiger partial charge in [0, 0.05) is 31.5 Å². The molecule has 0 aromatic carbocycles. The lowest BCUT2D eigenvalue weighted by Gasteiger charge is -2.01. The third-order valence-electron chi connectivity index (χ3n) is 2.33. The lowest BCUT2D eigenvalue weighted by molar-refractivity contribution is 0.585. The molecular weight excluding hydrogens is 258 g/mol. The molecule has 0 saturated heterocycles. The highest BCUT2D eigenvalue weighted by Gasteiger charge is 2.14. The SMILES string of the molecule is C#CCS(=O)(=O)NCCc1cn2c(n1)SCC2. The van der Waals surface area contributed by atoms with Crippen molar-refractivity contribution in [1.29, 1.82) is 0 Å². The molecule has 0 fully saturated rings. The normalized spacial score (nSPS) is 14.5. The van der Waals surface area contributed by atoms with E-state index in [1.165, 1.54) is 0 Å². The molecule has 2 heterocycles. The second-order valence-electron chi connectivity index (χ2n) is 3.66. The van der Waals surface area contributed by atoms with Gasteiger partial charge in [-0.3, -0.25) is 0 Å². The molecule has 0 amide bonds. The van der Waals surface area contributed by atoms with Crippen LogP contribution in [0.2, 0.25) is 0 Å². The maximum absolute atomic E-state index is 11.3. The van der Waals surface area contributed by atoms with E-state index in [0.29, 0.717) is 13.0 Å². The van der Waals surface area contributed by atoms with Gasteiger partial charge in [-0.25, -0.2) is 18.1 Å². The summed E-state index contributed by atoms with van der Waals surface area (Å²) in [5.41, 5.74) is 0.913. The molecule has 0 bridgehead atoms. The zero-order valence-corrected chi connectivity index (χ0v) is 10.9. The van der Waals surface area contributed by atoms with Crippen molar-refractivity contribution in [2.75, 3.05) is 18.1 Å². The first-order valence-corrected chi connectivity index (χ1v) is 7.84. The van der Waals surface area contributed by atoms with Crippen LogP contribution in [0.5, 0.6) is 0 Å². The van der Waals surface area contributed by atoms with Crippen molar-refractivity contribution in [2.45, 2.75) is 18.1 Å². The molecule has 1 aromatic heterocycles. The van der Waals surface area contributed by atoms with Gasteiger partial charge >= 0.3 is 0 Å². The molecule has 7 heteroatoms. The molecule has 0 atom stereocenters. The van der Waals surface area contributed by atoms with Gasteiger partial charge in [-0.2, -0.15) is 0 Å². The summed E-state index contributed by atoms with van der Waals surface area (Å²) in [6.45, 7) is 1.32. The lowest BCUT2D eigenvalue weighted by Crippen LogP contribution is -2.27. The van der Waals surface area contributed by atoms with E-state index in [4.69, 9.17) is 6.42 Å². The number of sulfonamides is 1. The fourth-order valence-electron chi connectivity index (χ4n) is 1.58. The van der Waals surface area contributed by atoms with Crippen molar-refractivity contribution in [3.05, 3.63) is 11.9 Å². The van der Waals surface area contributed by atoms with E-state index in [1.54, 1.807) is 11.8 Å². The second kappa shape index (κ2) is 5.12. The van der Waals surface area contributed by atoms with Gasteiger partial charge in [0.1, 0.15) is 5.75 Å². The van der Waals surface area contributed by atoms with Gasteiger partial charge in [0.25, 0.3) is 0 Å². The molecule has 1 aliphatic rings. The molecule has 1 aromatic rings. The largest absolute Gasteiger partial charge is 0.325 e. The zero-order valence-electron chi connectivity index (χ0n) is 9.22. The summed E-state index contributed by atoms with van der Waals surface area (Å²) in [6, 6.07) is 0. The van der Waals surface area contributed by atoms with E-state index in [-0.39, 0.29) is 5.75 Å². The molecule has 2 rings (SSSR count). The third kappa shape index (κ3) is 3.25. The second-order valence-corrected chi connectivity index (χ2v) is 6.53. The van der Waals surface area contributed by atoms with Crippen molar-refractivity contribution in [1.82, 2.24) is 14.3 Å². The number of nitrogens with one attached hydrogen (secondary N) is 1. The first-order chi connectivity index (χ1) is 8.11. The molecule has 0 saturated carbocycles. The molecular formula is C10H13N3O2S2. The van der Waals surface area contributed by atoms with Gasteiger partial charge in [-0.1, -0.05) is 17.7 Å². The van der Waals surface area contributed by atoms with E-state index in [9.17, 15) is 8.42 Å². The van der Waals surface area contributed by atoms with Gasteiger partial charge < -0.3 is 4.57 Å². The minimum absolute atomic E-state index is 0.275. The summed E-state index contributed by atoms with van der Waals surface area (Å²) < 4.78 is 27.1. The van der Waals surface area contributed by atoms with Crippen LogP contribution in [0.1, 0.15) is 5.69 Å². The summed E-state index contributed by atoms with van der Waals surface area (Å²) >= 11 is 1.72. The Hall–Kier alpha value is -0.970. The Balaban J connectivity index is 1.85. The maximum Gasteiger partial charge on any atom is 0.222 e. The van der Waals surface area contributed by atoms with E-state index in [1.807, 2.05) is 6.20 Å². The molecule has 1 aliphatic heterocycles. The molecule has 0 aliphatic carbocycles. The lowest BCUT2D eigenvalue weighted by atomic mass is 10.3. The molecule has 17 heavy (non-hydrogen) atoms. The predicted octanol–water partition coefficient (Wildman–Crippen LogP) is 0.0839. The Bertz CT molecular complexity index is 521. The summed E-state index contributed by atoms with van der Waals surface area (Å²) in [5.74, 6) is 2.91. The van der Waals surface area contributed by atoms with Crippen LogP contribution in [0.3, 0.4) is 0 Å². The number of nitrogens with zero attached hydrogens (tertiary/aromatic N) is 2. The van der Waals surface area contributed by atoms with Crippen molar-refractivity contribution < 1.29 is 8.42 Å². The molecule has 0 unspecified atom stereocenters. The van der Waals surface area contributed by atoms with Crippen LogP contribution in [-0.2, 0) is 23.0 Å². The molecule has 1 N–H and O–H groups in total. The maximum atomic E-state index is 11.3. The van der Waals surface area contributed by atoms with E-state index < -0.39 is 10.0 Å². The summed E-state index contributed by atoms with van der Waals surface area (Å²) in [6.07, 6.45) is 7.52. The monoisotopic (exact) mass is 271 g/mol. The van der Waals surface area contributed by atoms with Crippen LogP contribution in [-0.4, -0.2) is 36.0 Å². The minimum Gasteiger partial charge on any atom is -0.325 e. The van der Waals surface area contributed by atoms with Crippen LogP contribution < -0.4 is 4.72 Å². The Kier molecular flexibility index (Phi) is 3.76. The fraction of sp³-hybridized carbons (Fsp3) is 0.500. The van der Waals surface area contributed by atoms with E-state index in [0.717, 1.165) is 23.1 Å². The highest BCUT2D eigenvalue weighted by Crippen LogP contribution is 2.24. The molecule has 92 valence electrons. The highest BCUT2D eigenvalue weighted by atomic mass is 32.2. The smallest absolute Gasteiger partial charge is 0.222 e. The number of aromatic nitrogens is 2. The number of aryl methyl sites for hydroxylation is 1. The average Bonchev–Trinajstić information content (AvgIpc) is 2.76. The van der Waals surface area contributed by atoms with Crippen LogP contribution in [0.25, 0.3) is 0 Å². The number of terminal acetylenes is 1. The van der Waals surface area contributed by atoms with E-state index >= 15 is 0 Å². The van der Waals surface area contributed by atoms with Crippen LogP contribution >= 0.6 is 11.8 Å². The number of imidazole rings is 1. The Morgan fingerprint density at radius 3 is 3.18 bits per heavy atom. The first-order valence-electron chi connectivity index (χ1n) is 5.20. The van der Waals surface area contributed by atoms with Crippen molar-refractivity contribution in [2.24, 2.45) is 0 Å². The van der Waals surface area contributed by atoms with Gasteiger partial charge in [0.05, 0.1) is 5.69 Å². The molecule has 0 spiro atoms. The Morgan fingerprint density at radius 2 is 2.47 bits per heavy atom. The Morgan fingerprint density at radius 1 is 1.65 bits per heavy atom. The number of rotatable bonds is 5. The average molecular weight is 271 g/mol. The third-order valence-corrected chi connectivity index (χ3v) is 4.49. The van der Waals surface area contributed by atoms with Crippen LogP contribution in [0.15, 0.2) is 11.4 Å². The topological polar surface area (TPSA) is 64.0 Å². The van der Waals surface area contributed by atoms with Crippen molar-refractivity contribution in [3.63, 3.8) is 0 Å². The first kappa shape index (κ1) is 12.5. The number of fused-ring (bicyclic) bond motifs is 1. The summed E-state index contributed by atoms with van der Waals surface area (Å²) in [7, 11) is -3.32. The van der Waals surface area contributed by atoms with Gasteiger partial charge in [0.15, 0.2) is 5.16 Å². The van der Waals surface area contributed by atoms with Gasteiger partial charge in [-0.05, 0) is 0 Å². The van der Waals surface area contributed by atoms with E-state index in [2.05, 4.69) is 20.2 Å². The predicted molar refractivity (Wildman–Crippen MR) is 67.3 cm³/mol. The standard InChI is InChI=1S/C10H13N3O2S2/c1-2-7-17(14,15)11-4-3-9-8-13-5-6-16-10(13)12-9/h1,8,11H,3-7H2. The molecule has 0 radical (unpaired) electrons. The minimum atomic E-state index is -3.32. The molecule has 5 nitrogen and oxygen atoms in total. The van der Waals surface area contributed by atoms with Gasteiger partial charge in [-0.15, -0.1) is 6.42 Å². The zero-order chi connectivity index (χ0) is 12.3. The summed E-state index contributed by atoms with van der Waals surface area (Å²) in [5, 5.41) is 1.02. The number of thioether (sulfide) groups is 1. The van der Waals surface area contributed by atoms with Crippen LogP contribution in [0, 0.1) is 12.3 Å². The number of hydrogen-bond acceptors (Lipinski definition) is 4. The van der Waals surface area contributed by atoms with Gasteiger partial charge in [0.2, 0.25) is 10.0 Å². The Labute approximate surface area is 105 Å². The summed E-state index contributed by atoms with van der Waals surface area (Å²) in [4.78, 5) is 4.41.